The maximum Gasteiger partial charge on any atom is 0.416 e. The van der Waals surface area contributed by atoms with Gasteiger partial charge in [0.1, 0.15) is 24.0 Å². The molecule has 11 heteroatoms. The molecule has 5 rings (SSSR count). The van der Waals surface area contributed by atoms with Crippen molar-refractivity contribution < 1.29 is 22.7 Å². The minimum Gasteiger partial charge on any atom is -0.492 e. The predicted molar refractivity (Wildman–Crippen MR) is 148 cm³/mol. The van der Waals surface area contributed by atoms with E-state index in [4.69, 9.17) is 4.74 Å². The van der Waals surface area contributed by atoms with E-state index in [2.05, 4.69) is 30.4 Å². The Labute approximate surface area is 231 Å². The van der Waals surface area contributed by atoms with Crippen LogP contribution in [0.4, 0.5) is 30.5 Å². The first-order valence-electron chi connectivity index (χ1n) is 13.5. The Bertz CT molecular complexity index is 1330. The lowest BCUT2D eigenvalue weighted by Gasteiger charge is -2.20. The molecule has 0 aliphatic carbocycles. The molecule has 212 valence electrons. The Morgan fingerprint density at radius 1 is 1.05 bits per heavy atom. The minimum absolute atomic E-state index is 0.00575. The number of carbonyl (C=O) groups is 1. The number of rotatable bonds is 9. The lowest BCUT2D eigenvalue weighted by molar-refractivity contribution is -0.137. The number of benzene rings is 1. The highest BCUT2D eigenvalue weighted by Gasteiger charge is 2.32. The van der Waals surface area contributed by atoms with Crippen molar-refractivity contribution in [2.24, 2.45) is 0 Å². The second-order valence-electron chi connectivity index (χ2n) is 10.3. The third kappa shape index (κ3) is 6.82. The van der Waals surface area contributed by atoms with Gasteiger partial charge in [0.15, 0.2) is 0 Å². The van der Waals surface area contributed by atoms with E-state index in [0.717, 1.165) is 68.8 Å². The summed E-state index contributed by atoms with van der Waals surface area (Å²) in [4.78, 5) is 26.4. The van der Waals surface area contributed by atoms with Gasteiger partial charge in [-0.3, -0.25) is 4.79 Å². The van der Waals surface area contributed by atoms with Crippen molar-refractivity contribution in [3.63, 3.8) is 0 Å². The van der Waals surface area contributed by atoms with Crippen molar-refractivity contribution in [2.45, 2.75) is 44.4 Å². The number of nitrogens with one attached hydrogen (secondary N) is 2. The number of anilines is 3. The lowest BCUT2D eigenvalue weighted by atomic mass is 10.1. The van der Waals surface area contributed by atoms with Crippen LogP contribution in [-0.4, -0.2) is 60.1 Å². The molecule has 2 aliphatic heterocycles. The van der Waals surface area contributed by atoms with Crippen LogP contribution in [0.15, 0.2) is 54.9 Å². The van der Waals surface area contributed by atoms with Gasteiger partial charge in [0.25, 0.3) is 5.91 Å². The zero-order valence-electron chi connectivity index (χ0n) is 22.4. The first-order chi connectivity index (χ1) is 19.3. The summed E-state index contributed by atoms with van der Waals surface area (Å²) >= 11 is 0. The van der Waals surface area contributed by atoms with E-state index < -0.39 is 17.6 Å². The number of aromatic nitrogens is 2. The number of amides is 1. The summed E-state index contributed by atoms with van der Waals surface area (Å²) < 4.78 is 46.7. The van der Waals surface area contributed by atoms with Crippen LogP contribution in [0, 0.1) is 0 Å². The largest absolute Gasteiger partial charge is 0.492 e. The minimum atomic E-state index is -4.59. The summed E-state index contributed by atoms with van der Waals surface area (Å²) in [5.41, 5.74) is 0.287. The van der Waals surface area contributed by atoms with Crippen molar-refractivity contribution in [3.8, 4) is 5.75 Å². The first-order valence-corrected chi connectivity index (χ1v) is 13.5. The van der Waals surface area contributed by atoms with E-state index in [0.29, 0.717) is 12.4 Å². The van der Waals surface area contributed by atoms with Gasteiger partial charge in [0.2, 0.25) is 0 Å². The number of nitrogens with zero attached hydrogens (tertiary/aromatic N) is 4. The zero-order valence-corrected chi connectivity index (χ0v) is 22.4. The van der Waals surface area contributed by atoms with Crippen LogP contribution in [0.2, 0.25) is 0 Å². The Hall–Kier alpha value is -3.86. The highest BCUT2D eigenvalue weighted by molar-refractivity contribution is 6.07. The quantitative estimate of drug-likeness (QED) is 0.365. The third-order valence-corrected chi connectivity index (χ3v) is 7.36. The maximum atomic E-state index is 13.7. The van der Waals surface area contributed by atoms with Crippen LogP contribution in [-0.2, 0) is 12.7 Å². The molecule has 1 atom stereocenters. The number of halogens is 3. The molecule has 0 spiro atoms. The lowest BCUT2D eigenvalue weighted by Crippen LogP contribution is -2.30. The molecule has 2 aromatic heterocycles. The van der Waals surface area contributed by atoms with Crippen LogP contribution < -0.4 is 20.3 Å². The summed E-state index contributed by atoms with van der Waals surface area (Å²) in [7, 11) is 1.97. The van der Waals surface area contributed by atoms with Crippen molar-refractivity contribution >= 4 is 23.2 Å². The first kappa shape index (κ1) is 27.7. The number of alkyl halides is 3. The molecule has 0 radical (unpaired) electrons. The summed E-state index contributed by atoms with van der Waals surface area (Å²) in [6.07, 6.45) is 2.96. The van der Waals surface area contributed by atoms with Gasteiger partial charge in [0, 0.05) is 49.8 Å². The molecule has 1 aromatic carbocycles. The number of hydrogen-bond acceptors (Lipinski definition) is 7. The smallest absolute Gasteiger partial charge is 0.416 e. The van der Waals surface area contributed by atoms with Gasteiger partial charge in [-0.15, -0.1) is 0 Å². The van der Waals surface area contributed by atoms with Gasteiger partial charge in [-0.2, -0.15) is 13.2 Å². The summed E-state index contributed by atoms with van der Waals surface area (Å²) in [5, 5.41) is 5.80. The molecule has 2 fully saturated rings. The molecule has 2 N–H and O–H groups in total. The zero-order chi connectivity index (χ0) is 28.1. The highest BCUT2D eigenvalue weighted by atomic mass is 19.4. The van der Waals surface area contributed by atoms with Crippen LogP contribution in [0.3, 0.4) is 0 Å². The Kier molecular flexibility index (Phi) is 8.39. The van der Waals surface area contributed by atoms with Crippen LogP contribution in [0.1, 0.15) is 47.2 Å². The highest BCUT2D eigenvalue weighted by Crippen LogP contribution is 2.35. The molecule has 40 heavy (non-hydrogen) atoms. The molecule has 4 heterocycles. The summed E-state index contributed by atoms with van der Waals surface area (Å²) in [6.45, 7) is 3.57. The number of hydrogen-bond donors (Lipinski definition) is 2. The van der Waals surface area contributed by atoms with E-state index in [-0.39, 0.29) is 29.6 Å². The van der Waals surface area contributed by atoms with Crippen molar-refractivity contribution in [1.29, 1.82) is 0 Å². The number of carbonyl (C=O) groups excluding carboxylic acids is 1. The monoisotopic (exact) mass is 554 g/mol. The molecular weight excluding hydrogens is 521 g/mol. The fourth-order valence-electron chi connectivity index (χ4n) is 5.10. The molecule has 0 bridgehead atoms. The number of ether oxygens (including phenoxy) is 1. The molecule has 8 nitrogen and oxygen atoms in total. The van der Waals surface area contributed by atoms with Gasteiger partial charge < -0.3 is 25.2 Å². The van der Waals surface area contributed by atoms with Crippen molar-refractivity contribution in [3.05, 3.63) is 71.5 Å². The Balaban J connectivity index is 1.29. The van der Waals surface area contributed by atoms with Gasteiger partial charge >= 0.3 is 6.18 Å². The van der Waals surface area contributed by atoms with Gasteiger partial charge in [-0.1, -0.05) is 0 Å². The van der Waals surface area contributed by atoms with E-state index >= 15 is 0 Å². The van der Waals surface area contributed by atoms with E-state index in [1.54, 1.807) is 24.5 Å². The van der Waals surface area contributed by atoms with Crippen LogP contribution in [0.5, 0.6) is 5.75 Å². The summed E-state index contributed by atoms with van der Waals surface area (Å²) in [6, 6.07) is 10.5. The fraction of sp³-hybridized carbons (Fsp3) is 0.414. The maximum absolute atomic E-state index is 13.7. The fourth-order valence-corrected chi connectivity index (χ4v) is 5.10. The molecular formula is C29H33F3N6O2. The summed E-state index contributed by atoms with van der Waals surface area (Å²) in [5.74, 6) is 0.718. The molecule has 2 aliphatic rings. The Morgan fingerprint density at radius 2 is 1.88 bits per heavy atom. The molecule has 2 saturated heterocycles. The second-order valence-corrected chi connectivity index (χ2v) is 10.3. The van der Waals surface area contributed by atoms with Gasteiger partial charge in [-0.25, -0.2) is 9.97 Å². The van der Waals surface area contributed by atoms with Gasteiger partial charge in [0.05, 0.1) is 11.1 Å². The predicted octanol–water partition coefficient (Wildman–Crippen LogP) is 5.43. The van der Waals surface area contributed by atoms with E-state index in [1.165, 1.54) is 6.07 Å². The average Bonchev–Trinajstić information content (AvgIpc) is 3.63. The Morgan fingerprint density at radius 3 is 2.62 bits per heavy atom. The molecule has 0 saturated carbocycles. The number of likely N-dealkylation sites (tertiary alicyclic amines) is 1. The van der Waals surface area contributed by atoms with E-state index in [1.807, 2.05) is 19.2 Å². The number of likely N-dealkylation sites (N-methyl/N-ethyl adjacent to an activating group) is 1. The van der Waals surface area contributed by atoms with Crippen molar-refractivity contribution in [1.82, 2.24) is 14.9 Å². The average molecular weight is 555 g/mol. The van der Waals surface area contributed by atoms with Gasteiger partial charge in [-0.05, 0) is 81.2 Å². The number of pyridine rings is 2. The molecule has 1 unspecified atom stereocenters. The molecule has 1 amide bonds. The second kappa shape index (κ2) is 12.1. The third-order valence-electron chi connectivity index (χ3n) is 7.36. The van der Waals surface area contributed by atoms with Crippen molar-refractivity contribution in [2.75, 3.05) is 48.8 Å². The topological polar surface area (TPSA) is 82.6 Å². The van der Waals surface area contributed by atoms with Crippen LogP contribution >= 0.6 is 0 Å². The SMILES string of the molecule is CN1CCCC1COc1cc(NC(=O)c2cccnc2NCc2ccnc(N3CCCC3)c2)cc(C(F)(F)F)c1. The van der Waals surface area contributed by atoms with E-state index in [9.17, 15) is 18.0 Å². The normalized spacial score (nSPS) is 17.7. The van der Waals surface area contributed by atoms with Crippen LogP contribution in [0.25, 0.3) is 0 Å². The molecule has 3 aromatic rings. The standard InChI is InChI=1S/C29H33F3N6O2/c1-37-11-5-6-23(37)19-40-24-16-21(29(30,31)32)15-22(17-24)36-28(39)25-7-4-9-34-27(25)35-18-20-8-10-33-26(14-20)38-12-2-3-13-38/h4,7-10,14-17,23H,2-3,5-6,11-13,18-19H2,1H3,(H,34,35)(H,36,39).